The molecule has 0 aromatic heterocycles. The Morgan fingerprint density at radius 1 is 1.27 bits per heavy atom. The van der Waals surface area contributed by atoms with Crippen molar-refractivity contribution in [2.24, 2.45) is 11.3 Å². The zero-order chi connectivity index (χ0) is 11.5. The van der Waals surface area contributed by atoms with Gasteiger partial charge in [0.1, 0.15) is 0 Å². The van der Waals surface area contributed by atoms with Crippen LogP contribution in [0.2, 0.25) is 0 Å². The summed E-state index contributed by atoms with van der Waals surface area (Å²) in [6.45, 7) is 10.5. The first kappa shape index (κ1) is 12.5. The third-order valence-corrected chi connectivity index (χ3v) is 3.19. The molecule has 1 amide bonds. The molecule has 88 valence electrons. The van der Waals surface area contributed by atoms with Gasteiger partial charge in [-0.15, -0.1) is 0 Å². The molecule has 1 saturated heterocycles. The maximum atomic E-state index is 11.3. The summed E-state index contributed by atoms with van der Waals surface area (Å²) in [5.41, 5.74) is 0.427. The predicted octanol–water partition coefficient (Wildman–Crippen LogP) is 3.07. The highest BCUT2D eigenvalue weighted by Crippen LogP contribution is 2.30. The average Bonchev–Trinajstić information content (AvgIpc) is 2.26. The fourth-order valence-electron chi connectivity index (χ4n) is 2.55. The van der Waals surface area contributed by atoms with Gasteiger partial charge in [-0.2, -0.15) is 0 Å². The van der Waals surface area contributed by atoms with Crippen molar-refractivity contribution in [2.45, 2.75) is 53.4 Å². The molecular weight excluding hydrogens is 186 g/mol. The van der Waals surface area contributed by atoms with Gasteiger partial charge in [-0.3, -0.25) is 4.79 Å². The van der Waals surface area contributed by atoms with Gasteiger partial charge in [0.05, 0.1) is 0 Å². The molecule has 1 heterocycles. The normalized spacial score (nSPS) is 23.7. The fraction of sp³-hybridized carbons (Fsp3) is 0.923. The van der Waals surface area contributed by atoms with E-state index in [2.05, 4.69) is 20.8 Å². The summed E-state index contributed by atoms with van der Waals surface area (Å²) in [4.78, 5) is 13.3. The van der Waals surface area contributed by atoms with Crippen LogP contribution < -0.4 is 0 Å². The summed E-state index contributed by atoms with van der Waals surface area (Å²) < 4.78 is 0. The third-order valence-electron chi connectivity index (χ3n) is 3.19. The fourth-order valence-corrected chi connectivity index (χ4v) is 2.55. The van der Waals surface area contributed by atoms with Crippen molar-refractivity contribution in [3.05, 3.63) is 0 Å². The van der Waals surface area contributed by atoms with E-state index in [-0.39, 0.29) is 5.91 Å². The summed E-state index contributed by atoms with van der Waals surface area (Å²) >= 11 is 0. The summed E-state index contributed by atoms with van der Waals surface area (Å²) in [5, 5.41) is 0. The van der Waals surface area contributed by atoms with Crippen molar-refractivity contribution >= 4 is 5.91 Å². The summed E-state index contributed by atoms with van der Waals surface area (Å²) in [7, 11) is 0. The number of rotatable bonds is 1. The van der Waals surface area contributed by atoms with Crippen LogP contribution in [-0.2, 0) is 4.79 Å². The van der Waals surface area contributed by atoms with E-state index in [4.69, 9.17) is 0 Å². The molecule has 1 unspecified atom stereocenters. The number of likely N-dealkylation sites (tertiary alicyclic amines) is 1. The quantitative estimate of drug-likeness (QED) is 0.652. The van der Waals surface area contributed by atoms with E-state index in [0.29, 0.717) is 5.41 Å². The van der Waals surface area contributed by atoms with Gasteiger partial charge >= 0.3 is 0 Å². The van der Waals surface area contributed by atoms with Gasteiger partial charge in [0, 0.05) is 20.0 Å². The molecule has 1 atom stereocenters. The Labute approximate surface area is 94.0 Å². The van der Waals surface area contributed by atoms with Gasteiger partial charge in [0.2, 0.25) is 5.91 Å². The predicted molar refractivity (Wildman–Crippen MR) is 63.7 cm³/mol. The molecule has 1 fully saturated rings. The molecule has 0 radical (unpaired) electrons. The van der Waals surface area contributed by atoms with Crippen LogP contribution in [0.5, 0.6) is 0 Å². The highest BCUT2D eigenvalue weighted by molar-refractivity contribution is 5.73. The Morgan fingerprint density at radius 3 is 2.47 bits per heavy atom. The van der Waals surface area contributed by atoms with E-state index in [0.717, 1.165) is 19.0 Å². The van der Waals surface area contributed by atoms with Crippen molar-refractivity contribution in [2.75, 3.05) is 13.1 Å². The molecule has 0 spiro atoms. The molecule has 0 saturated carbocycles. The van der Waals surface area contributed by atoms with Crippen LogP contribution in [0.4, 0.5) is 0 Å². The van der Waals surface area contributed by atoms with Crippen molar-refractivity contribution in [3.8, 4) is 0 Å². The SMILES string of the molecule is CC(=O)N1CCCC(CC(C)(C)C)CC1. The molecule has 2 heteroatoms. The van der Waals surface area contributed by atoms with Crippen molar-refractivity contribution in [1.29, 1.82) is 0 Å². The third kappa shape index (κ3) is 4.67. The van der Waals surface area contributed by atoms with E-state index in [1.807, 2.05) is 4.90 Å². The van der Waals surface area contributed by atoms with Crippen LogP contribution in [0.15, 0.2) is 0 Å². The topological polar surface area (TPSA) is 20.3 Å². The maximum absolute atomic E-state index is 11.3. The molecule has 1 rings (SSSR count). The maximum Gasteiger partial charge on any atom is 0.219 e. The lowest BCUT2D eigenvalue weighted by Crippen LogP contribution is -2.29. The largest absolute Gasteiger partial charge is 0.343 e. The summed E-state index contributed by atoms with van der Waals surface area (Å²) in [5.74, 6) is 1.06. The van der Waals surface area contributed by atoms with Gasteiger partial charge in [-0.1, -0.05) is 20.8 Å². The standard InChI is InChI=1S/C13H25NO/c1-11(15)14-8-5-6-12(7-9-14)10-13(2,3)4/h12H,5-10H2,1-4H3. The van der Waals surface area contributed by atoms with Crippen molar-refractivity contribution in [3.63, 3.8) is 0 Å². The Morgan fingerprint density at radius 2 is 1.93 bits per heavy atom. The number of nitrogens with zero attached hydrogens (tertiary/aromatic N) is 1. The average molecular weight is 211 g/mol. The first-order chi connectivity index (χ1) is 6.88. The second-order valence-electron chi connectivity index (χ2n) is 6.07. The molecule has 0 aromatic rings. The number of carbonyl (C=O) groups is 1. The van der Waals surface area contributed by atoms with Gasteiger partial charge in [-0.25, -0.2) is 0 Å². The molecule has 1 aliphatic heterocycles. The molecule has 0 aliphatic carbocycles. The summed E-state index contributed by atoms with van der Waals surface area (Å²) in [6.07, 6.45) is 4.96. The Bertz CT molecular complexity index is 217. The van der Waals surface area contributed by atoms with E-state index in [9.17, 15) is 4.79 Å². The Balaban J connectivity index is 2.42. The van der Waals surface area contributed by atoms with Crippen LogP contribution in [0, 0.1) is 11.3 Å². The van der Waals surface area contributed by atoms with E-state index < -0.39 is 0 Å². The van der Waals surface area contributed by atoms with Gasteiger partial charge in [0.15, 0.2) is 0 Å². The minimum Gasteiger partial charge on any atom is -0.343 e. The molecule has 0 aromatic carbocycles. The lowest BCUT2D eigenvalue weighted by atomic mass is 9.81. The highest BCUT2D eigenvalue weighted by atomic mass is 16.2. The monoisotopic (exact) mass is 211 g/mol. The van der Waals surface area contributed by atoms with Crippen LogP contribution >= 0.6 is 0 Å². The van der Waals surface area contributed by atoms with Crippen molar-refractivity contribution in [1.82, 2.24) is 4.90 Å². The zero-order valence-corrected chi connectivity index (χ0v) is 10.7. The van der Waals surface area contributed by atoms with E-state index >= 15 is 0 Å². The summed E-state index contributed by atoms with van der Waals surface area (Å²) in [6, 6.07) is 0. The Kier molecular flexibility index (Phi) is 4.18. The first-order valence-electron chi connectivity index (χ1n) is 6.14. The Hall–Kier alpha value is -0.530. The molecule has 1 aliphatic rings. The van der Waals surface area contributed by atoms with Crippen LogP contribution in [-0.4, -0.2) is 23.9 Å². The molecular formula is C13H25NO. The zero-order valence-electron chi connectivity index (χ0n) is 10.7. The number of hydrogen-bond donors (Lipinski definition) is 0. The van der Waals surface area contributed by atoms with Crippen LogP contribution in [0.25, 0.3) is 0 Å². The smallest absolute Gasteiger partial charge is 0.219 e. The lowest BCUT2D eigenvalue weighted by Gasteiger charge is -2.25. The second kappa shape index (κ2) is 5.00. The van der Waals surface area contributed by atoms with Crippen LogP contribution in [0.1, 0.15) is 53.4 Å². The van der Waals surface area contributed by atoms with Gasteiger partial charge in [0.25, 0.3) is 0 Å². The number of amides is 1. The number of carbonyl (C=O) groups excluding carboxylic acids is 1. The lowest BCUT2D eigenvalue weighted by molar-refractivity contribution is -0.128. The molecule has 0 bridgehead atoms. The minimum atomic E-state index is 0.242. The second-order valence-corrected chi connectivity index (χ2v) is 6.07. The molecule has 15 heavy (non-hydrogen) atoms. The molecule has 0 N–H and O–H groups in total. The minimum absolute atomic E-state index is 0.242. The first-order valence-corrected chi connectivity index (χ1v) is 6.14. The van der Waals surface area contributed by atoms with Crippen molar-refractivity contribution < 1.29 is 4.79 Å². The van der Waals surface area contributed by atoms with Gasteiger partial charge in [-0.05, 0) is 37.0 Å². The highest BCUT2D eigenvalue weighted by Gasteiger charge is 2.22. The van der Waals surface area contributed by atoms with Crippen LogP contribution in [0.3, 0.4) is 0 Å². The van der Waals surface area contributed by atoms with E-state index in [1.165, 1.54) is 25.7 Å². The van der Waals surface area contributed by atoms with Gasteiger partial charge < -0.3 is 4.90 Å². The number of hydrogen-bond acceptors (Lipinski definition) is 1. The van der Waals surface area contributed by atoms with E-state index in [1.54, 1.807) is 6.92 Å². The molecule has 2 nitrogen and oxygen atoms in total.